The summed E-state index contributed by atoms with van der Waals surface area (Å²) in [6, 6.07) is 7.21. The number of nitrogens with zero attached hydrogens (tertiary/aromatic N) is 3. The quantitative estimate of drug-likeness (QED) is 0.222. The first kappa shape index (κ1) is 24.9. The largest absolute Gasteiger partial charge is 0.405 e. The first-order valence-corrected chi connectivity index (χ1v) is 11.6. The molecule has 1 saturated carbocycles. The molecule has 37 heavy (non-hydrogen) atoms. The van der Waals surface area contributed by atoms with Crippen LogP contribution in [0.25, 0.3) is 10.9 Å². The van der Waals surface area contributed by atoms with Crippen molar-refractivity contribution in [1.82, 2.24) is 9.55 Å². The van der Waals surface area contributed by atoms with Crippen LogP contribution in [-0.4, -0.2) is 41.8 Å². The molecule has 2 N–H and O–H groups in total. The standard InChI is InChI=1S/C26H22F5N5O/c1-37-14-20(32)36-19-8-7-17(27)22(28)21(19)23(34-24(36)33)35-13-3-5-16-15(4-2-6-18(16)35)9-10-25(11-12-25)26(29,30)31/h2,4,6-8,32-33H,3,5,11-14H2,1H3. The van der Waals surface area contributed by atoms with Gasteiger partial charge in [-0.05, 0) is 55.5 Å². The van der Waals surface area contributed by atoms with Crippen LogP contribution in [0, 0.1) is 39.7 Å². The minimum absolute atomic E-state index is 0.0153. The lowest BCUT2D eigenvalue weighted by atomic mass is 9.95. The van der Waals surface area contributed by atoms with Crippen molar-refractivity contribution in [3.05, 3.63) is 58.7 Å². The van der Waals surface area contributed by atoms with Gasteiger partial charge in [-0.25, -0.2) is 8.78 Å². The number of halogens is 5. The van der Waals surface area contributed by atoms with Gasteiger partial charge in [0, 0.05) is 24.9 Å². The van der Waals surface area contributed by atoms with Crippen LogP contribution in [0.5, 0.6) is 0 Å². The summed E-state index contributed by atoms with van der Waals surface area (Å²) < 4.78 is 75.9. The molecule has 1 aromatic heterocycles. The molecule has 1 fully saturated rings. The normalized spacial score (nSPS) is 16.2. The smallest absolute Gasteiger partial charge is 0.377 e. The van der Waals surface area contributed by atoms with Gasteiger partial charge in [0.25, 0.3) is 0 Å². The highest BCUT2D eigenvalue weighted by Crippen LogP contribution is 2.57. The van der Waals surface area contributed by atoms with E-state index in [9.17, 15) is 17.6 Å². The number of rotatable bonds is 3. The van der Waals surface area contributed by atoms with Crippen molar-refractivity contribution < 1.29 is 26.7 Å². The SMILES string of the molecule is COCC(=N)n1c(=N)nc(N2CCCc3c(C#CC4(C(F)(F)F)CC4)cccc32)c2c(F)c(F)ccc21. The van der Waals surface area contributed by atoms with Gasteiger partial charge in [-0.3, -0.25) is 15.4 Å². The Bertz CT molecular complexity index is 1550. The number of hydrogen-bond acceptors (Lipinski definition) is 5. The summed E-state index contributed by atoms with van der Waals surface area (Å²) in [6.45, 7) is 0.174. The molecule has 0 bridgehead atoms. The summed E-state index contributed by atoms with van der Waals surface area (Å²) in [5, 5.41) is 16.5. The van der Waals surface area contributed by atoms with Gasteiger partial charge in [0.1, 0.15) is 23.7 Å². The average molecular weight is 515 g/mol. The Morgan fingerprint density at radius 2 is 1.95 bits per heavy atom. The Balaban J connectivity index is 1.68. The van der Waals surface area contributed by atoms with Crippen LogP contribution < -0.4 is 10.5 Å². The van der Waals surface area contributed by atoms with Crippen LogP contribution in [-0.2, 0) is 11.2 Å². The van der Waals surface area contributed by atoms with Gasteiger partial charge in [-0.15, -0.1) is 0 Å². The van der Waals surface area contributed by atoms with E-state index in [0.717, 1.165) is 10.6 Å². The molecule has 1 aliphatic heterocycles. The first-order chi connectivity index (χ1) is 17.6. The number of ether oxygens (including phenoxy) is 1. The van der Waals surface area contributed by atoms with Crippen LogP contribution >= 0.6 is 0 Å². The van der Waals surface area contributed by atoms with Gasteiger partial charge in [-0.2, -0.15) is 18.2 Å². The van der Waals surface area contributed by atoms with Crippen LogP contribution in [0.1, 0.15) is 30.4 Å². The Morgan fingerprint density at radius 3 is 2.62 bits per heavy atom. The van der Waals surface area contributed by atoms with Crippen LogP contribution in [0.4, 0.5) is 33.5 Å². The fraction of sp³-hybridized carbons (Fsp3) is 0.346. The molecule has 192 valence electrons. The summed E-state index contributed by atoms with van der Waals surface area (Å²) in [6.07, 6.45) is -3.37. The zero-order valence-corrected chi connectivity index (χ0v) is 19.8. The van der Waals surface area contributed by atoms with Crippen molar-refractivity contribution in [2.45, 2.75) is 31.9 Å². The van der Waals surface area contributed by atoms with Crippen molar-refractivity contribution in [3.8, 4) is 11.8 Å². The molecular formula is C26H22F5N5O. The molecule has 5 rings (SSSR count). The third kappa shape index (κ3) is 4.15. The summed E-state index contributed by atoms with van der Waals surface area (Å²) >= 11 is 0. The lowest BCUT2D eigenvalue weighted by Gasteiger charge is -2.32. The van der Waals surface area contributed by atoms with E-state index in [1.807, 2.05) is 0 Å². The Morgan fingerprint density at radius 1 is 1.19 bits per heavy atom. The van der Waals surface area contributed by atoms with E-state index in [0.29, 0.717) is 36.2 Å². The second kappa shape index (κ2) is 8.95. The molecule has 1 aliphatic carbocycles. The Labute approximate surface area is 208 Å². The van der Waals surface area contributed by atoms with Gasteiger partial charge in [0.2, 0.25) is 5.62 Å². The molecule has 6 nitrogen and oxygen atoms in total. The summed E-state index contributed by atoms with van der Waals surface area (Å²) in [5.74, 6) is 2.67. The third-order valence-electron chi connectivity index (χ3n) is 6.75. The monoisotopic (exact) mass is 515 g/mol. The summed E-state index contributed by atoms with van der Waals surface area (Å²) in [7, 11) is 1.37. The molecule has 2 heterocycles. The van der Waals surface area contributed by atoms with Gasteiger partial charge in [0.15, 0.2) is 11.6 Å². The van der Waals surface area contributed by atoms with Gasteiger partial charge >= 0.3 is 6.18 Å². The van der Waals surface area contributed by atoms with Gasteiger partial charge < -0.3 is 9.64 Å². The van der Waals surface area contributed by atoms with Crippen molar-refractivity contribution in [1.29, 1.82) is 10.8 Å². The number of aromatic nitrogens is 2. The zero-order valence-electron chi connectivity index (χ0n) is 19.8. The first-order valence-electron chi connectivity index (χ1n) is 11.6. The minimum atomic E-state index is -4.40. The number of alkyl halides is 3. The van der Waals surface area contributed by atoms with Crippen molar-refractivity contribution in [3.63, 3.8) is 0 Å². The molecule has 0 radical (unpaired) electrons. The van der Waals surface area contributed by atoms with E-state index in [1.165, 1.54) is 13.2 Å². The van der Waals surface area contributed by atoms with E-state index in [1.54, 1.807) is 23.1 Å². The lowest BCUT2D eigenvalue weighted by Crippen LogP contribution is -2.35. The van der Waals surface area contributed by atoms with E-state index >= 15 is 4.39 Å². The highest BCUT2D eigenvalue weighted by molar-refractivity contribution is 5.99. The molecule has 2 aromatic carbocycles. The highest BCUT2D eigenvalue weighted by Gasteiger charge is 2.62. The van der Waals surface area contributed by atoms with Gasteiger partial charge in [0.05, 0.1) is 10.9 Å². The number of fused-ring (bicyclic) bond motifs is 2. The lowest BCUT2D eigenvalue weighted by molar-refractivity contribution is -0.168. The minimum Gasteiger partial charge on any atom is -0.377 e. The number of nitrogens with one attached hydrogen (secondary N) is 2. The molecule has 3 aromatic rings. The number of benzene rings is 2. The van der Waals surface area contributed by atoms with Gasteiger partial charge in [-0.1, -0.05) is 17.9 Å². The molecule has 0 atom stereocenters. The van der Waals surface area contributed by atoms with Crippen molar-refractivity contribution >= 4 is 28.2 Å². The third-order valence-corrected chi connectivity index (χ3v) is 6.75. The predicted molar refractivity (Wildman–Crippen MR) is 127 cm³/mol. The molecule has 0 unspecified atom stereocenters. The fourth-order valence-electron chi connectivity index (χ4n) is 4.68. The van der Waals surface area contributed by atoms with Crippen molar-refractivity contribution in [2.24, 2.45) is 5.41 Å². The van der Waals surface area contributed by atoms with E-state index in [2.05, 4.69) is 16.8 Å². The summed E-state index contributed by atoms with van der Waals surface area (Å²) in [4.78, 5) is 5.89. The summed E-state index contributed by atoms with van der Waals surface area (Å²) in [5.41, 5.74) is -0.604. The number of anilines is 2. The molecule has 0 saturated heterocycles. The second-order valence-corrected chi connectivity index (χ2v) is 9.12. The maximum absolute atomic E-state index is 15.3. The van der Waals surface area contributed by atoms with Crippen LogP contribution in [0.15, 0.2) is 30.3 Å². The molecule has 2 aliphatic rings. The molecule has 0 amide bonds. The Hall–Kier alpha value is -3.78. The highest BCUT2D eigenvalue weighted by atomic mass is 19.4. The topological polar surface area (TPSA) is 78.0 Å². The number of methoxy groups -OCH3 is 1. The maximum atomic E-state index is 15.3. The molecular weight excluding hydrogens is 493 g/mol. The number of hydrogen-bond donors (Lipinski definition) is 2. The molecule has 0 spiro atoms. The van der Waals surface area contributed by atoms with Crippen LogP contribution in [0.2, 0.25) is 0 Å². The van der Waals surface area contributed by atoms with E-state index in [4.69, 9.17) is 15.6 Å². The maximum Gasteiger partial charge on any atom is 0.405 e. The van der Waals surface area contributed by atoms with Crippen LogP contribution in [0.3, 0.4) is 0 Å². The average Bonchev–Trinajstić information content (AvgIpc) is 3.66. The second-order valence-electron chi connectivity index (χ2n) is 9.12. The van der Waals surface area contributed by atoms with E-state index in [-0.39, 0.29) is 47.6 Å². The van der Waals surface area contributed by atoms with Crippen molar-refractivity contribution in [2.75, 3.05) is 25.2 Å². The predicted octanol–water partition coefficient (Wildman–Crippen LogP) is 5.04. The molecule has 11 heteroatoms. The Kier molecular flexibility index (Phi) is 6.02. The van der Waals surface area contributed by atoms with E-state index < -0.39 is 23.2 Å². The fourth-order valence-corrected chi connectivity index (χ4v) is 4.68. The zero-order chi connectivity index (χ0) is 26.5.